The zero-order valence-electron chi connectivity index (χ0n) is 10.6. The van der Waals surface area contributed by atoms with Gasteiger partial charge in [-0.2, -0.15) is 0 Å². The molecular formula is C13H21BrO3. The van der Waals surface area contributed by atoms with Crippen LogP contribution in [0.5, 0.6) is 0 Å². The van der Waals surface area contributed by atoms with Crippen LogP contribution in [-0.4, -0.2) is 36.5 Å². The molecule has 2 bridgehead atoms. The molecule has 1 aliphatic heterocycles. The molecule has 3 rings (SSSR count). The van der Waals surface area contributed by atoms with Crippen molar-refractivity contribution in [2.24, 2.45) is 17.8 Å². The molecule has 3 aliphatic rings. The standard InChI is InChI=1S/C13H21BrO3/c1-6-7(2)17-13(15-3)10-5-8-4-9(10)12(16-6)11(8)14/h6-13H,4-5H2,1-3H3/t6-,7+,8+,9-,10+,11+,12+,13+/m0/s1. The Bertz CT molecular complexity index is 296. The Morgan fingerprint density at radius 2 is 1.71 bits per heavy atom. The van der Waals surface area contributed by atoms with Crippen LogP contribution in [0.4, 0.5) is 0 Å². The van der Waals surface area contributed by atoms with Gasteiger partial charge in [0.05, 0.1) is 18.3 Å². The van der Waals surface area contributed by atoms with Gasteiger partial charge in [-0.1, -0.05) is 15.9 Å². The van der Waals surface area contributed by atoms with Crippen LogP contribution in [0.2, 0.25) is 0 Å². The molecule has 1 saturated heterocycles. The monoisotopic (exact) mass is 304 g/mol. The lowest BCUT2D eigenvalue weighted by atomic mass is 9.85. The number of halogens is 1. The zero-order valence-corrected chi connectivity index (χ0v) is 12.2. The van der Waals surface area contributed by atoms with E-state index >= 15 is 0 Å². The molecule has 0 aromatic heterocycles. The van der Waals surface area contributed by atoms with Crippen LogP contribution in [0.25, 0.3) is 0 Å². The molecule has 2 aliphatic carbocycles. The first-order chi connectivity index (χ1) is 8.11. The molecule has 0 N–H and O–H groups in total. The number of hydrogen-bond acceptors (Lipinski definition) is 3. The third-order valence-corrected chi connectivity index (χ3v) is 6.12. The first kappa shape index (κ1) is 12.4. The van der Waals surface area contributed by atoms with E-state index in [2.05, 4.69) is 29.8 Å². The van der Waals surface area contributed by atoms with Gasteiger partial charge < -0.3 is 14.2 Å². The molecule has 4 heteroatoms. The Labute approximate surface area is 111 Å². The lowest BCUT2D eigenvalue weighted by Crippen LogP contribution is -2.49. The van der Waals surface area contributed by atoms with Crippen molar-refractivity contribution in [3.63, 3.8) is 0 Å². The zero-order chi connectivity index (χ0) is 12.2. The molecule has 0 amide bonds. The lowest BCUT2D eigenvalue weighted by Gasteiger charge is -2.42. The largest absolute Gasteiger partial charge is 0.371 e. The van der Waals surface area contributed by atoms with E-state index in [0.29, 0.717) is 22.8 Å². The van der Waals surface area contributed by atoms with Gasteiger partial charge >= 0.3 is 0 Å². The second-order valence-electron chi connectivity index (χ2n) is 5.75. The molecule has 17 heavy (non-hydrogen) atoms. The van der Waals surface area contributed by atoms with Gasteiger partial charge in [0.2, 0.25) is 0 Å². The normalized spacial score (nSPS) is 57.9. The Balaban J connectivity index is 1.86. The van der Waals surface area contributed by atoms with Crippen LogP contribution in [0.3, 0.4) is 0 Å². The summed E-state index contributed by atoms with van der Waals surface area (Å²) in [4.78, 5) is 0.522. The van der Waals surface area contributed by atoms with Crippen LogP contribution in [-0.2, 0) is 14.2 Å². The van der Waals surface area contributed by atoms with E-state index in [-0.39, 0.29) is 18.5 Å². The second-order valence-corrected chi connectivity index (χ2v) is 6.81. The highest BCUT2D eigenvalue weighted by Gasteiger charge is 2.56. The molecule has 2 saturated carbocycles. The van der Waals surface area contributed by atoms with Crippen molar-refractivity contribution in [2.45, 2.75) is 56.1 Å². The minimum absolute atomic E-state index is 0.0474. The number of rotatable bonds is 1. The minimum atomic E-state index is -0.0474. The summed E-state index contributed by atoms with van der Waals surface area (Å²) in [7, 11) is 1.76. The molecule has 1 heterocycles. The van der Waals surface area contributed by atoms with Crippen LogP contribution in [0, 0.1) is 17.8 Å². The summed E-state index contributed by atoms with van der Waals surface area (Å²) in [6.45, 7) is 4.18. The molecule has 0 aromatic rings. The number of hydrogen-bond donors (Lipinski definition) is 0. The van der Waals surface area contributed by atoms with Crippen molar-refractivity contribution in [3.05, 3.63) is 0 Å². The highest BCUT2D eigenvalue weighted by Crippen LogP contribution is 2.55. The van der Waals surface area contributed by atoms with Crippen LogP contribution >= 0.6 is 15.9 Å². The molecule has 0 aromatic carbocycles. The highest BCUT2D eigenvalue weighted by atomic mass is 79.9. The van der Waals surface area contributed by atoms with Crippen molar-refractivity contribution in [3.8, 4) is 0 Å². The van der Waals surface area contributed by atoms with E-state index in [4.69, 9.17) is 14.2 Å². The Morgan fingerprint density at radius 1 is 1.06 bits per heavy atom. The molecule has 0 unspecified atom stereocenters. The smallest absolute Gasteiger partial charge is 0.160 e. The van der Waals surface area contributed by atoms with Crippen molar-refractivity contribution in [1.82, 2.24) is 0 Å². The van der Waals surface area contributed by atoms with Gasteiger partial charge in [-0.25, -0.2) is 0 Å². The van der Waals surface area contributed by atoms with E-state index in [9.17, 15) is 0 Å². The van der Waals surface area contributed by atoms with Crippen molar-refractivity contribution < 1.29 is 14.2 Å². The molecule has 3 fully saturated rings. The first-order valence-electron chi connectivity index (χ1n) is 6.59. The van der Waals surface area contributed by atoms with Crippen LogP contribution in [0.15, 0.2) is 0 Å². The fraction of sp³-hybridized carbons (Fsp3) is 1.00. The summed E-state index contributed by atoms with van der Waals surface area (Å²) in [6.07, 6.45) is 3.00. The lowest BCUT2D eigenvalue weighted by molar-refractivity contribution is -0.245. The summed E-state index contributed by atoms with van der Waals surface area (Å²) in [5, 5.41) is 0. The maximum Gasteiger partial charge on any atom is 0.160 e. The summed E-state index contributed by atoms with van der Waals surface area (Å²) < 4.78 is 17.8. The summed E-state index contributed by atoms with van der Waals surface area (Å²) in [5.41, 5.74) is 0. The Hall–Kier alpha value is 0.360. The van der Waals surface area contributed by atoms with E-state index in [1.807, 2.05) is 0 Å². The van der Waals surface area contributed by atoms with Gasteiger partial charge in [0.25, 0.3) is 0 Å². The third-order valence-electron chi connectivity index (χ3n) is 4.85. The maximum atomic E-state index is 6.21. The van der Waals surface area contributed by atoms with Crippen LogP contribution < -0.4 is 0 Å². The van der Waals surface area contributed by atoms with E-state index in [1.165, 1.54) is 12.8 Å². The topological polar surface area (TPSA) is 27.7 Å². The minimum Gasteiger partial charge on any atom is -0.371 e. The Kier molecular flexibility index (Phi) is 3.27. The highest BCUT2D eigenvalue weighted by molar-refractivity contribution is 9.09. The molecule has 3 nitrogen and oxygen atoms in total. The first-order valence-corrected chi connectivity index (χ1v) is 7.51. The summed E-state index contributed by atoms with van der Waals surface area (Å²) >= 11 is 3.83. The molecular weight excluding hydrogens is 284 g/mol. The molecule has 98 valence electrons. The number of fused-ring (bicyclic) bond motifs is 1. The van der Waals surface area contributed by atoms with Gasteiger partial charge in [-0.15, -0.1) is 0 Å². The predicted octanol–water partition coefficient (Wildman–Crippen LogP) is 2.57. The fourth-order valence-electron chi connectivity index (χ4n) is 3.79. The van der Waals surface area contributed by atoms with E-state index < -0.39 is 0 Å². The third kappa shape index (κ3) is 1.88. The van der Waals surface area contributed by atoms with Crippen molar-refractivity contribution >= 4 is 15.9 Å². The van der Waals surface area contributed by atoms with Gasteiger partial charge in [0.1, 0.15) is 0 Å². The van der Waals surface area contributed by atoms with Gasteiger partial charge in [0, 0.05) is 17.9 Å². The van der Waals surface area contributed by atoms with Gasteiger partial charge in [0.15, 0.2) is 6.29 Å². The summed E-state index contributed by atoms with van der Waals surface area (Å²) in [5.74, 6) is 1.85. The predicted molar refractivity (Wildman–Crippen MR) is 68.1 cm³/mol. The SMILES string of the molecule is CO[C@@H]1O[C@H](C)[C@H](C)O[C@H]2[C@H](Br)[C@H]3C[C@@H]1[C@@H]2C3. The summed E-state index contributed by atoms with van der Waals surface area (Å²) in [6, 6.07) is 0. The fourth-order valence-corrected chi connectivity index (χ4v) is 4.74. The van der Waals surface area contributed by atoms with Crippen LogP contribution in [0.1, 0.15) is 26.7 Å². The van der Waals surface area contributed by atoms with Gasteiger partial charge in [-0.05, 0) is 38.5 Å². The molecule has 0 radical (unpaired) electrons. The quantitative estimate of drug-likeness (QED) is 0.697. The van der Waals surface area contributed by atoms with Crippen molar-refractivity contribution in [2.75, 3.05) is 7.11 Å². The second kappa shape index (κ2) is 4.48. The van der Waals surface area contributed by atoms with E-state index in [0.717, 1.165) is 5.92 Å². The average Bonchev–Trinajstić information content (AvgIpc) is 2.84. The number of alkyl halides is 1. The van der Waals surface area contributed by atoms with Crippen molar-refractivity contribution in [1.29, 1.82) is 0 Å². The number of ether oxygens (including phenoxy) is 3. The Morgan fingerprint density at radius 3 is 2.35 bits per heavy atom. The molecule has 0 spiro atoms. The average molecular weight is 305 g/mol. The number of methoxy groups -OCH3 is 1. The van der Waals surface area contributed by atoms with Gasteiger partial charge in [-0.3, -0.25) is 0 Å². The van der Waals surface area contributed by atoms with E-state index in [1.54, 1.807) is 7.11 Å². The maximum absolute atomic E-state index is 6.21. The molecule has 8 atom stereocenters.